The van der Waals surface area contributed by atoms with E-state index < -0.39 is 23.7 Å². The molecule has 1 atom stereocenters. The Balaban J connectivity index is 1.76. The quantitative estimate of drug-likeness (QED) is 0.324. The second-order valence-corrected chi connectivity index (χ2v) is 9.00. The van der Waals surface area contributed by atoms with Crippen LogP contribution in [0.1, 0.15) is 49.6 Å². The number of hydrogen-bond donors (Lipinski definition) is 2. The van der Waals surface area contributed by atoms with Crippen LogP contribution in [0.2, 0.25) is 0 Å². The molecule has 1 amide bonds. The molecule has 3 aromatic heterocycles. The summed E-state index contributed by atoms with van der Waals surface area (Å²) >= 11 is 1.35. The summed E-state index contributed by atoms with van der Waals surface area (Å²) in [6, 6.07) is 11.1. The van der Waals surface area contributed by atoms with Gasteiger partial charge in [0.1, 0.15) is 5.00 Å². The number of nitrogens with zero attached hydrogens (tertiary/aromatic N) is 2. The zero-order valence-corrected chi connectivity index (χ0v) is 19.3. The van der Waals surface area contributed by atoms with Crippen molar-refractivity contribution in [2.75, 3.05) is 10.6 Å². The number of halogens is 3. The van der Waals surface area contributed by atoms with E-state index >= 15 is 0 Å². The predicted octanol–water partition coefficient (Wildman–Crippen LogP) is 6.53. The van der Waals surface area contributed by atoms with Crippen molar-refractivity contribution in [2.45, 2.75) is 33.0 Å². The second-order valence-electron chi connectivity index (χ2n) is 7.74. The van der Waals surface area contributed by atoms with E-state index in [4.69, 9.17) is 4.42 Å². The van der Waals surface area contributed by atoms with E-state index in [0.29, 0.717) is 22.1 Å². The fraction of sp³-hybridized carbons (Fsp3) is 0.208. The Kier molecular flexibility index (Phi) is 6.43. The minimum Gasteiger partial charge on any atom is -0.459 e. The van der Waals surface area contributed by atoms with Crippen LogP contribution in [0.25, 0.3) is 0 Å². The van der Waals surface area contributed by atoms with E-state index in [-0.39, 0.29) is 5.76 Å². The third kappa shape index (κ3) is 5.28. The average Bonchev–Trinajstić information content (AvgIpc) is 3.41. The van der Waals surface area contributed by atoms with Gasteiger partial charge < -0.3 is 15.1 Å². The number of anilines is 2. The van der Waals surface area contributed by atoms with Gasteiger partial charge in [0.25, 0.3) is 5.91 Å². The Hall–Kier alpha value is -3.66. The highest BCUT2D eigenvalue weighted by atomic mass is 32.1. The molecule has 0 radical (unpaired) electrons. The van der Waals surface area contributed by atoms with Crippen molar-refractivity contribution < 1.29 is 22.4 Å². The molecule has 4 rings (SSSR count). The molecule has 3 heterocycles. The molecule has 2 N–H and O–H groups in total. The van der Waals surface area contributed by atoms with Crippen molar-refractivity contribution in [1.29, 1.82) is 0 Å². The molecule has 4 aromatic rings. The fourth-order valence-corrected chi connectivity index (χ4v) is 4.49. The average molecular weight is 487 g/mol. The number of alkyl halides is 3. The van der Waals surface area contributed by atoms with E-state index in [1.54, 1.807) is 12.1 Å². The second kappa shape index (κ2) is 9.30. The van der Waals surface area contributed by atoms with Crippen molar-refractivity contribution in [3.63, 3.8) is 0 Å². The van der Waals surface area contributed by atoms with Gasteiger partial charge in [-0.1, -0.05) is 12.1 Å². The maximum absolute atomic E-state index is 13.1. The molecule has 0 bridgehead atoms. The lowest BCUT2D eigenvalue weighted by Crippen LogP contribution is -2.18. The highest BCUT2D eigenvalue weighted by molar-refractivity contribution is 7.16. The van der Waals surface area contributed by atoms with Crippen LogP contribution in [0.5, 0.6) is 0 Å². The fourth-order valence-electron chi connectivity index (χ4n) is 3.54. The number of carbonyl (C=O) groups is 1. The molecular weight excluding hydrogens is 465 g/mol. The van der Waals surface area contributed by atoms with Crippen LogP contribution < -0.4 is 10.6 Å². The summed E-state index contributed by atoms with van der Waals surface area (Å²) in [5.41, 5.74) is 1.97. The summed E-state index contributed by atoms with van der Waals surface area (Å²) in [4.78, 5) is 22.4. The summed E-state index contributed by atoms with van der Waals surface area (Å²) < 4.78 is 44.6. The van der Waals surface area contributed by atoms with E-state index in [1.165, 1.54) is 29.7 Å². The Labute approximate surface area is 197 Å². The first-order valence-corrected chi connectivity index (χ1v) is 11.1. The van der Waals surface area contributed by atoms with Crippen LogP contribution in [-0.4, -0.2) is 15.9 Å². The molecule has 0 aliphatic rings. The molecule has 176 valence electrons. The van der Waals surface area contributed by atoms with E-state index in [1.807, 2.05) is 32.9 Å². The molecule has 0 saturated carbocycles. The van der Waals surface area contributed by atoms with Gasteiger partial charge in [0.05, 0.1) is 17.9 Å². The number of aryl methyl sites for hydroxylation is 3. The first kappa shape index (κ1) is 23.5. The molecule has 0 spiro atoms. The summed E-state index contributed by atoms with van der Waals surface area (Å²) in [7, 11) is 0. The normalized spacial score (nSPS) is 12.4. The van der Waals surface area contributed by atoms with Gasteiger partial charge in [0, 0.05) is 21.8 Å². The Bertz CT molecular complexity index is 1280. The smallest absolute Gasteiger partial charge is 0.416 e. The van der Waals surface area contributed by atoms with Crippen LogP contribution in [0, 0.1) is 20.8 Å². The largest absolute Gasteiger partial charge is 0.459 e. The Morgan fingerprint density at radius 2 is 1.71 bits per heavy atom. The number of rotatable bonds is 6. The van der Waals surface area contributed by atoms with Crippen LogP contribution in [0.15, 0.2) is 59.2 Å². The van der Waals surface area contributed by atoms with Gasteiger partial charge in [-0.2, -0.15) is 13.2 Å². The topological polar surface area (TPSA) is 80.0 Å². The van der Waals surface area contributed by atoms with Crippen LogP contribution in [-0.2, 0) is 6.18 Å². The zero-order valence-electron chi connectivity index (χ0n) is 18.5. The Morgan fingerprint density at radius 3 is 2.29 bits per heavy atom. The van der Waals surface area contributed by atoms with Gasteiger partial charge in [0.2, 0.25) is 5.95 Å². The third-order valence-electron chi connectivity index (χ3n) is 4.99. The van der Waals surface area contributed by atoms with Gasteiger partial charge >= 0.3 is 6.18 Å². The minimum atomic E-state index is -4.45. The van der Waals surface area contributed by atoms with Gasteiger partial charge in [-0.25, -0.2) is 9.97 Å². The van der Waals surface area contributed by atoms with Crippen molar-refractivity contribution in [3.8, 4) is 0 Å². The maximum atomic E-state index is 13.1. The van der Waals surface area contributed by atoms with Crippen LogP contribution >= 0.6 is 11.3 Å². The lowest BCUT2D eigenvalue weighted by molar-refractivity contribution is -0.137. The predicted molar refractivity (Wildman–Crippen MR) is 124 cm³/mol. The molecule has 0 aliphatic carbocycles. The summed E-state index contributed by atoms with van der Waals surface area (Å²) in [6.07, 6.45) is -3.04. The number of amides is 1. The minimum absolute atomic E-state index is 0.147. The Morgan fingerprint density at radius 1 is 1.03 bits per heavy atom. The number of benzene rings is 1. The van der Waals surface area contributed by atoms with Crippen molar-refractivity contribution in [1.82, 2.24) is 9.97 Å². The molecule has 6 nitrogen and oxygen atoms in total. The summed E-state index contributed by atoms with van der Waals surface area (Å²) in [5, 5.41) is 6.64. The molecular formula is C24H21F3N4O2S. The number of nitrogens with one attached hydrogen (secondary N) is 2. The van der Waals surface area contributed by atoms with Crippen LogP contribution in [0.3, 0.4) is 0 Å². The number of furan rings is 1. The monoisotopic (exact) mass is 486 g/mol. The SMILES string of the molecule is Cc1cc(C)nc(NC(c2ccc(C(F)(F)F)cc2)c2cc(C)sc2NC(=O)c2ccco2)n1. The molecule has 10 heteroatoms. The van der Waals surface area contributed by atoms with E-state index in [2.05, 4.69) is 20.6 Å². The molecule has 1 unspecified atom stereocenters. The van der Waals surface area contributed by atoms with Gasteiger partial charge in [-0.3, -0.25) is 4.79 Å². The van der Waals surface area contributed by atoms with Gasteiger partial charge in [-0.15, -0.1) is 11.3 Å². The van der Waals surface area contributed by atoms with Crippen molar-refractivity contribution in [2.24, 2.45) is 0 Å². The third-order valence-corrected chi connectivity index (χ3v) is 5.98. The zero-order chi connectivity index (χ0) is 24.5. The van der Waals surface area contributed by atoms with Crippen molar-refractivity contribution in [3.05, 3.63) is 93.5 Å². The lowest BCUT2D eigenvalue weighted by atomic mass is 9.98. The van der Waals surface area contributed by atoms with E-state index in [9.17, 15) is 18.0 Å². The molecule has 0 aliphatic heterocycles. The van der Waals surface area contributed by atoms with Crippen LogP contribution in [0.4, 0.5) is 24.1 Å². The van der Waals surface area contributed by atoms with E-state index in [0.717, 1.165) is 28.4 Å². The van der Waals surface area contributed by atoms with Gasteiger partial charge in [-0.05, 0) is 62.7 Å². The number of thiophene rings is 1. The van der Waals surface area contributed by atoms with Gasteiger partial charge in [0.15, 0.2) is 5.76 Å². The molecule has 0 saturated heterocycles. The molecule has 34 heavy (non-hydrogen) atoms. The molecule has 0 fully saturated rings. The molecule has 1 aromatic carbocycles. The summed E-state index contributed by atoms with van der Waals surface area (Å²) in [6.45, 7) is 5.54. The van der Waals surface area contributed by atoms with Crippen molar-refractivity contribution >= 4 is 28.2 Å². The first-order chi connectivity index (χ1) is 16.1. The summed E-state index contributed by atoms with van der Waals surface area (Å²) in [5.74, 6) is 0.0465. The lowest BCUT2D eigenvalue weighted by Gasteiger charge is -2.21. The maximum Gasteiger partial charge on any atom is 0.416 e. The highest BCUT2D eigenvalue weighted by Crippen LogP contribution is 2.38. The standard InChI is InChI=1S/C24H21F3N4O2S/c1-13-11-14(2)29-23(28-13)30-20(16-6-8-17(9-7-16)24(25,26)27)18-12-15(3)34-22(18)31-21(32)19-5-4-10-33-19/h4-12,20H,1-3H3,(H,31,32)(H,28,29,30). The highest BCUT2D eigenvalue weighted by Gasteiger charge is 2.31. The first-order valence-electron chi connectivity index (χ1n) is 10.3. The number of hydrogen-bond acceptors (Lipinski definition) is 6. The number of carbonyl (C=O) groups excluding carboxylic acids is 1. The number of aromatic nitrogens is 2.